The zero-order chi connectivity index (χ0) is 13.4. The first-order valence-electron chi connectivity index (χ1n) is 4.95. The number of aryl methyl sites for hydroxylation is 1. The third kappa shape index (κ3) is 1.70. The van der Waals surface area contributed by atoms with Crippen LogP contribution < -0.4 is 4.74 Å². The van der Waals surface area contributed by atoms with E-state index in [1.54, 1.807) is 6.92 Å². The second kappa shape index (κ2) is 4.30. The van der Waals surface area contributed by atoms with Crippen molar-refractivity contribution in [3.8, 4) is 5.75 Å². The van der Waals surface area contributed by atoms with Gasteiger partial charge in [-0.25, -0.2) is 9.78 Å². The average molecular weight is 269 g/mol. The van der Waals surface area contributed by atoms with Crippen molar-refractivity contribution in [2.45, 2.75) is 6.92 Å². The van der Waals surface area contributed by atoms with Crippen LogP contribution >= 0.6 is 11.6 Å². The molecule has 0 spiro atoms. The van der Waals surface area contributed by atoms with E-state index in [0.29, 0.717) is 22.3 Å². The summed E-state index contributed by atoms with van der Waals surface area (Å²) in [5.74, 6) is -2.25. The van der Waals surface area contributed by atoms with Crippen molar-refractivity contribution in [3.05, 3.63) is 22.6 Å². The molecule has 2 rings (SSSR count). The smallest absolute Gasteiger partial charge is 0.377 e. The van der Waals surface area contributed by atoms with Crippen molar-refractivity contribution in [1.82, 2.24) is 9.97 Å². The zero-order valence-electron chi connectivity index (χ0n) is 9.57. The van der Waals surface area contributed by atoms with E-state index >= 15 is 0 Å². The molecule has 0 saturated carbocycles. The van der Waals surface area contributed by atoms with Gasteiger partial charge in [-0.1, -0.05) is 11.6 Å². The number of nitrogens with one attached hydrogen (secondary N) is 1. The molecule has 2 aromatic heterocycles. The monoisotopic (exact) mass is 268 g/mol. The largest absolute Gasteiger partial charge is 0.494 e. The molecule has 7 heteroatoms. The van der Waals surface area contributed by atoms with Gasteiger partial charge < -0.3 is 14.8 Å². The van der Waals surface area contributed by atoms with Gasteiger partial charge in [-0.05, 0) is 6.92 Å². The maximum absolute atomic E-state index is 11.7. The number of rotatable bonds is 3. The third-order valence-corrected chi connectivity index (χ3v) is 2.86. The molecule has 0 amide bonds. The summed E-state index contributed by atoms with van der Waals surface area (Å²) in [6.07, 6.45) is 1.34. The predicted octanol–water partition coefficient (Wildman–Crippen LogP) is 1.80. The molecule has 2 N–H and O–H groups in total. The number of carboxylic acid groups (broad SMARTS) is 1. The quantitative estimate of drug-likeness (QED) is 0.503. The molecule has 0 atom stereocenters. The molecule has 2 heterocycles. The van der Waals surface area contributed by atoms with Crippen LogP contribution in [-0.4, -0.2) is 33.9 Å². The first kappa shape index (κ1) is 12.4. The van der Waals surface area contributed by atoms with Crippen LogP contribution in [0.2, 0.25) is 5.15 Å². The number of hydrogen-bond acceptors (Lipinski definition) is 4. The topological polar surface area (TPSA) is 92.3 Å². The Hall–Kier alpha value is -2.08. The Kier molecular flexibility index (Phi) is 2.96. The Labute approximate surface area is 107 Å². The first-order valence-corrected chi connectivity index (χ1v) is 5.33. The highest BCUT2D eigenvalue weighted by Gasteiger charge is 2.25. The number of carbonyl (C=O) groups excluding carboxylic acids is 1. The van der Waals surface area contributed by atoms with Crippen LogP contribution in [0, 0.1) is 6.92 Å². The van der Waals surface area contributed by atoms with Crippen molar-refractivity contribution in [2.75, 3.05) is 7.11 Å². The molecule has 0 aliphatic heterocycles. The normalized spacial score (nSPS) is 10.6. The molecule has 2 aromatic rings. The van der Waals surface area contributed by atoms with Gasteiger partial charge in [-0.3, -0.25) is 4.79 Å². The number of H-pyrrole nitrogens is 1. The summed E-state index contributed by atoms with van der Waals surface area (Å²) >= 11 is 5.90. The lowest BCUT2D eigenvalue weighted by Crippen LogP contribution is -2.13. The van der Waals surface area contributed by atoms with Crippen LogP contribution in [0.4, 0.5) is 0 Å². The highest BCUT2D eigenvalue weighted by Crippen LogP contribution is 2.34. The summed E-state index contributed by atoms with van der Waals surface area (Å²) in [5.41, 5.74) is 0.836. The van der Waals surface area contributed by atoms with Gasteiger partial charge >= 0.3 is 5.97 Å². The fourth-order valence-electron chi connectivity index (χ4n) is 1.82. The molecule has 0 unspecified atom stereocenters. The predicted molar refractivity (Wildman–Crippen MR) is 64.4 cm³/mol. The first-order chi connectivity index (χ1) is 8.47. The lowest BCUT2D eigenvalue weighted by Gasteiger charge is -2.03. The van der Waals surface area contributed by atoms with Crippen LogP contribution in [0.1, 0.15) is 16.1 Å². The highest BCUT2D eigenvalue weighted by atomic mass is 35.5. The van der Waals surface area contributed by atoms with Crippen LogP contribution in [0.3, 0.4) is 0 Å². The Morgan fingerprint density at radius 2 is 2.17 bits per heavy atom. The van der Waals surface area contributed by atoms with Gasteiger partial charge in [0.1, 0.15) is 5.75 Å². The fraction of sp³-hybridized carbons (Fsp3) is 0.182. The van der Waals surface area contributed by atoms with Gasteiger partial charge in [0.2, 0.25) is 0 Å². The fourth-order valence-corrected chi connectivity index (χ4v) is 2.01. The van der Waals surface area contributed by atoms with Crippen molar-refractivity contribution in [2.24, 2.45) is 0 Å². The minimum atomic E-state index is -1.53. The summed E-state index contributed by atoms with van der Waals surface area (Å²) in [6, 6.07) is 0. The van der Waals surface area contributed by atoms with Gasteiger partial charge in [0.05, 0.1) is 29.8 Å². The number of nitrogens with zero attached hydrogens (tertiary/aromatic N) is 1. The Balaban J connectivity index is 2.88. The van der Waals surface area contributed by atoms with Crippen molar-refractivity contribution in [3.63, 3.8) is 0 Å². The maximum atomic E-state index is 11.7. The summed E-state index contributed by atoms with van der Waals surface area (Å²) in [6.45, 7) is 1.59. The van der Waals surface area contributed by atoms with E-state index in [1.165, 1.54) is 13.3 Å². The molecule has 94 valence electrons. The number of methoxy groups -OCH3 is 1. The molecule has 18 heavy (non-hydrogen) atoms. The van der Waals surface area contributed by atoms with Crippen LogP contribution in [0.5, 0.6) is 5.75 Å². The molecule has 0 radical (unpaired) electrons. The van der Waals surface area contributed by atoms with Gasteiger partial charge in [-0.2, -0.15) is 0 Å². The number of halogens is 1. The third-order valence-electron chi connectivity index (χ3n) is 2.58. The molecule has 0 fully saturated rings. The number of carboxylic acids is 1. The van der Waals surface area contributed by atoms with Crippen LogP contribution in [-0.2, 0) is 4.79 Å². The average Bonchev–Trinajstić information content (AvgIpc) is 2.67. The number of ketones is 1. The number of pyridine rings is 1. The molecule has 0 aliphatic carbocycles. The number of fused-ring (bicyclic) bond motifs is 1. The maximum Gasteiger partial charge on any atom is 0.377 e. The molecule has 0 aliphatic rings. The van der Waals surface area contributed by atoms with E-state index in [0.717, 1.165) is 0 Å². The van der Waals surface area contributed by atoms with Gasteiger partial charge in [-0.15, -0.1) is 0 Å². The molecular formula is C11H9ClN2O4. The molecule has 6 nitrogen and oxygen atoms in total. The number of aromatic amines is 1. The summed E-state index contributed by atoms with van der Waals surface area (Å²) in [4.78, 5) is 29.2. The number of aromatic nitrogens is 2. The Bertz CT molecular complexity index is 663. The van der Waals surface area contributed by atoms with Crippen LogP contribution in [0.25, 0.3) is 10.9 Å². The van der Waals surface area contributed by atoms with E-state index in [2.05, 4.69) is 9.97 Å². The lowest BCUT2D eigenvalue weighted by molar-refractivity contribution is -0.131. The van der Waals surface area contributed by atoms with E-state index in [-0.39, 0.29) is 10.7 Å². The van der Waals surface area contributed by atoms with Crippen molar-refractivity contribution < 1.29 is 19.4 Å². The van der Waals surface area contributed by atoms with E-state index < -0.39 is 11.8 Å². The van der Waals surface area contributed by atoms with Crippen molar-refractivity contribution >= 4 is 34.3 Å². The Morgan fingerprint density at radius 1 is 1.50 bits per heavy atom. The van der Waals surface area contributed by atoms with Gasteiger partial charge in [0.15, 0.2) is 5.15 Å². The summed E-state index contributed by atoms with van der Waals surface area (Å²) < 4.78 is 5.08. The van der Waals surface area contributed by atoms with Crippen LogP contribution in [0.15, 0.2) is 6.20 Å². The number of hydrogen-bond donors (Lipinski definition) is 2. The zero-order valence-corrected chi connectivity index (χ0v) is 10.3. The highest BCUT2D eigenvalue weighted by molar-refractivity contribution is 6.44. The minimum Gasteiger partial charge on any atom is -0.494 e. The molecule has 0 saturated heterocycles. The van der Waals surface area contributed by atoms with Gasteiger partial charge in [0.25, 0.3) is 5.78 Å². The lowest BCUT2D eigenvalue weighted by atomic mass is 10.1. The SMILES string of the molecule is COc1cnc(Cl)c2[nH]c(C)c(C(=O)C(=O)O)c12. The summed E-state index contributed by atoms with van der Waals surface area (Å²) in [5, 5.41) is 9.30. The van der Waals surface area contributed by atoms with E-state index in [4.69, 9.17) is 21.4 Å². The van der Waals surface area contributed by atoms with Crippen molar-refractivity contribution in [1.29, 1.82) is 0 Å². The van der Waals surface area contributed by atoms with Gasteiger partial charge in [0, 0.05) is 5.69 Å². The number of aliphatic carboxylic acids is 1. The number of Topliss-reactive ketones (excluding diaryl/α,β-unsaturated/α-hetero) is 1. The second-order valence-corrected chi connectivity index (χ2v) is 3.98. The molecule has 0 bridgehead atoms. The standard InChI is InChI=1S/C11H9ClN2O4/c1-4-6(9(15)11(16)17)7-5(18-2)3-13-10(12)8(7)14-4/h3,14H,1-2H3,(H,16,17). The summed E-state index contributed by atoms with van der Waals surface area (Å²) in [7, 11) is 1.40. The van der Waals surface area contributed by atoms with E-state index in [9.17, 15) is 9.59 Å². The Morgan fingerprint density at radius 3 is 2.72 bits per heavy atom. The molecular weight excluding hydrogens is 260 g/mol. The molecule has 0 aromatic carbocycles. The number of carbonyl (C=O) groups is 2. The minimum absolute atomic E-state index is 0.0404. The number of ether oxygens (including phenoxy) is 1. The van der Waals surface area contributed by atoms with E-state index in [1.807, 2.05) is 0 Å². The second-order valence-electron chi connectivity index (χ2n) is 3.63.